The van der Waals surface area contributed by atoms with Gasteiger partial charge in [0.25, 0.3) is 5.91 Å². The maximum Gasteiger partial charge on any atom is 0.340 e. The van der Waals surface area contributed by atoms with Gasteiger partial charge >= 0.3 is 12.3 Å². The molecule has 0 saturated carbocycles. The van der Waals surface area contributed by atoms with Gasteiger partial charge in [0, 0.05) is 18.8 Å². The van der Waals surface area contributed by atoms with Gasteiger partial charge in [-0.15, -0.1) is 0 Å². The van der Waals surface area contributed by atoms with E-state index in [1.807, 2.05) is 0 Å². The van der Waals surface area contributed by atoms with Gasteiger partial charge in [-0.2, -0.15) is 8.78 Å². The first-order valence-corrected chi connectivity index (χ1v) is 5.76. The van der Waals surface area contributed by atoms with E-state index in [0.29, 0.717) is 0 Å². The molecule has 1 aromatic rings. The van der Waals surface area contributed by atoms with Crippen LogP contribution < -0.4 is 4.74 Å². The smallest absolute Gasteiger partial charge is 0.340 e. The number of hydroxylamine groups is 2. The number of hydrogen-bond acceptors (Lipinski definition) is 4. The molecule has 0 aliphatic heterocycles. The molecule has 0 aromatic carbocycles. The number of ether oxygens (including phenoxy) is 1. The lowest BCUT2D eigenvalue weighted by Gasteiger charge is -2.17. The van der Waals surface area contributed by atoms with Crippen LogP contribution >= 0.6 is 0 Å². The lowest BCUT2D eigenvalue weighted by Crippen LogP contribution is -2.34. The van der Waals surface area contributed by atoms with Crippen LogP contribution in [-0.4, -0.2) is 49.1 Å². The number of rotatable bonds is 6. The highest BCUT2D eigenvalue weighted by molar-refractivity contribution is 5.93. The van der Waals surface area contributed by atoms with Crippen molar-refractivity contribution < 1.29 is 31.9 Å². The van der Waals surface area contributed by atoms with Gasteiger partial charge in [0.05, 0.1) is 12.7 Å². The molecule has 118 valence electrons. The van der Waals surface area contributed by atoms with Gasteiger partial charge in [0.15, 0.2) is 6.61 Å². The molecule has 9 heteroatoms. The fourth-order valence-electron chi connectivity index (χ4n) is 1.32. The molecule has 0 aliphatic rings. The molecule has 0 spiro atoms. The predicted molar refractivity (Wildman–Crippen MR) is 64.5 cm³/mol. The molecule has 0 fully saturated rings. The zero-order valence-corrected chi connectivity index (χ0v) is 11.6. The lowest BCUT2D eigenvalue weighted by molar-refractivity contribution is -0.148. The highest BCUT2D eigenvalue weighted by Crippen LogP contribution is 2.25. The highest BCUT2D eigenvalue weighted by Gasteiger charge is 2.42. The van der Waals surface area contributed by atoms with E-state index in [1.54, 1.807) is 0 Å². The fraction of sp³-hybridized carbons (Fsp3) is 0.500. The molecule has 21 heavy (non-hydrogen) atoms. The summed E-state index contributed by atoms with van der Waals surface area (Å²) < 4.78 is 54.1. The Hall–Kier alpha value is -1.90. The molecule has 1 amide bonds. The third kappa shape index (κ3) is 4.28. The third-order valence-electron chi connectivity index (χ3n) is 2.56. The Kier molecular flexibility index (Phi) is 5.47. The summed E-state index contributed by atoms with van der Waals surface area (Å²) in [7, 11) is 2.67. The van der Waals surface area contributed by atoms with Crippen LogP contribution in [0.5, 0.6) is 5.88 Å². The lowest BCUT2D eigenvalue weighted by atomic mass is 10.2. The normalized spacial score (nSPS) is 11.6. The number of carbonyl (C=O) groups is 1. The van der Waals surface area contributed by atoms with Crippen LogP contribution in [0.4, 0.5) is 17.6 Å². The highest BCUT2D eigenvalue weighted by atomic mass is 19.3. The van der Waals surface area contributed by atoms with Gasteiger partial charge in [0.2, 0.25) is 5.88 Å². The molecule has 1 aromatic heterocycles. The third-order valence-corrected chi connectivity index (χ3v) is 2.56. The second kappa shape index (κ2) is 6.70. The summed E-state index contributed by atoms with van der Waals surface area (Å²) in [6.45, 7) is -0.0454. The van der Waals surface area contributed by atoms with Crippen LogP contribution in [0, 0.1) is 6.92 Å². The number of hydrogen-bond donors (Lipinski definition) is 0. The first kappa shape index (κ1) is 17.2. The van der Waals surface area contributed by atoms with Gasteiger partial charge < -0.3 is 4.74 Å². The minimum absolute atomic E-state index is 0.143. The van der Waals surface area contributed by atoms with Crippen LogP contribution in [0.3, 0.4) is 0 Å². The number of carbonyl (C=O) groups excluding carboxylic acids is 1. The molecule has 5 nitrogen and oxygen atoms in total. The van der Waals surface area contributed by atoms with E-state index in [4.69, 9.17) is 4.84 Å². The summed E-state index contributed by atoms with van der Waals surface area (Å²) in [6.07, 6.45) is -2.74. The average molecular weight is 310 g/mol. The number of pyridine rings is 1. The quantitative estimate of drug-likeness (QED) is 0.597. The summed E-state index contributed by atoms with van der Waals surface area (Å²) in [4.78, 5) is 20.1. The molecule has 1 heterocycles. The average Bonchev–Trinajstić information content (AvgIpc) is 2.44. The Labute approximate surface area is 118 Å². The maximum atomic E-state index is 12.7. The molecule has 0 radical (unpaired) electrons. The van der Waals surface area contributed by atoms with Crippen molar-refractivity contribution >= 4 is 5.91 Å². The maximum absolute atomic E-state index is 12.7. The molecule has 0 bridgehead atoms. The molecular weight excluding hydrogens is 296 g/mol. The zero-order valence-electron chi connectivity index (χ0n) is 11.6. The summed E-state index contributed by atoms with van der Waals surface area (Å²) in [5.41, 5.74) is 0.403. The zero-order chi connectivity index (χ0) is 16.2. The van der Waals surface area contributed by atoms with E-state index in [2.05, 4.69) is 9.72 Å². The molecule has 1 rings (SSSR count). The minimum atomic E-state index is -4.27. The summed E-state index contributed by atoms with van der Waals surface area (Å²) in [5.74, 6) is -5.01. The van der Waals surface area contributed by atoms with Gasteiger partial charge in [-0.25, -0.2) is 18.8 Å². The van der Waals surface area contributed by atoms with Crippen molar-refractivity contribution in [2.75, 3.05) is 20.8 Å². The Morgan fingerprint density at radius 3 is 2.57 bits per heavy atom. The SMILES string of the molecule is CON(C)C(=O)c1cnc(OCC(F)(F)C(F)F)c(C)c1. The van der Waals surface area contributed by atoms with Crippen molar-refractivity contribution in [1.29, 1.82) is 0 Å². The first-order chi connectivity index (χ1) is 9.69. The van der Waals surface area contributed by atoms with Crippen molar-refractivity contribution in [3.05, 3.63) is 23.4 Å². The Balaban J connectivity index is 2.82. The Bertz CT molecular complexity index is 511. The molecule has 0 unspecified atom stereocenters. The monoisotopic (exact) mass is 310 g/mol. The van der Waals surface area contributed by atoms with E-state index in [0.717, 1.165) is 11.3 Å². The Morgan fingerprint density at radius 1 is 1.48 bits per heavy atom. The molecule has 0 atom stereocenters. The fourth-order valence-corrected chi connectivity index (χ4v) is 1.32. The summed E-state index contributed by atoms with van der Waals surface area (Å²) in [5, 5.41) is 0.946. The van der Waals surface area contributed by atoms with Crippen molar-refractivity contribution in [3.63, 3.8) is 0 Å². The van der Waals surface area contributed by atoms with Crippen LogP contribution in [0.1, 0.15) is 15.9 Å². The van der Waals surface area contributed by atoms with Crippen molar-refractivity contribution in [1.82, 2.24) is 10.0 Å². The van der Waals surface area contributed by atoms with Crippen molar-refractivity contribution in [2.24, 2.45) is 0 Å². The number of amides is 1. The predicted octanol–water partition coefficient (Wildman–Crippen LogP) is 2.30. The second-order valence-electron chi connectivity index (χ2n) is 4.18. The number of halogens is 4. The number of aromatic nitrogens is 1. The molecule has 0 aliphatic carbocycles. The van der Waals surface area contributed by atoms with Crippen LogP contribution in [0.25, 0.3) is 0 Å². The summed E-state index contributed by atoms with van der Waals surface area (Å²) in [6, 6.07) is 1.33. The Morgan fingerprint density at radius 2 is 2.10 bits per heavy atom. The van der Waals surface area contributed by atoms with E-state index in [9.17, 15) is 22.4 Å². The van der Waals surface area contributed by atoms with Crippen molar-refractivity contribution in [3.8, 4) is 5.88 Å². The van der Waals surface area contributed by atoms with Gasteiger partial charge in [0.1, 0.15) is 0 Å². The number of alkyl halides is 4. The van der Waals surface area contributed by atoms with Gasteiger partial charge in [-0.1, -0.05) is 0 Å². The summed E-state index contributed by atoms with van der Waals surface area (Å²) >= 11 is 0. The van der Waals surface area contributed by atoms with E-state index in [-0.39, 0.29) is 17.0 Å². The van der Waals surface area contributed by atoms with Crippen LogP contribution in [-0.2, 0) is 4.84 Å². The van der Waals surface area contributed by atoms with Crippen molar-refractivity contribution in [2.45, 2.75) is 19.3 Å². The number of aryl methyl sites for hydroxylation is 1. The van der Waals surface area contributed by atoms with Crippen LogP contribution in [0.2, 0.25) is 0 Å². The molecule has 0 N–H and O–H groups in total. The molecule has 0 saturated heterocycles. The largest absolute Gasteiger partial charge is 0.471 e. The standard InChI is InChI=1S/C12H14F4N2O3/c1-7-4-8(10(19)18(2)20-3)5-17-9(7)21-6-12(15,16)11(13)14/h4-5,11H,6H2,1-3H3. The van der Waals surface area contributed by atoms with E-state index < -0.39 is 24.9 Å². The van der Waals surface area contributed by atoms with E-state index >= 15 is 0 Å². The van der Waals surface area contributed by atoms with E-state index in [1.165, 1.54) is 27.1 Å². The molecular formula is C12H14F4N2O3. The second-order valence-corrected chi connectivity index (χ2v) is 4.18. The topological polar surface area (TPSA) is 51.7 Å². The van der Waals surface area contributed by atoms with Crippen LogP contribution in [0.15, 0.2) is 12.3 Å². The van der Waals surface area contributed by atoms with Gasteiger partial charge in [-0.05, 0) is 13.0 Å². The first-order valence-electron chi connectivity index (χ1n) is 5.76. The van der Waals surface area contributed by atoms with Gasteiger partial charge in [-0.3, -0.25) is 9.63 Å². The number of nitrogens with zero attached hydrogens (tertiary/aromatic N) is 2. The minimum Gasteiger partial charge on any atom is -0.471 e.